The second kappa shape index (κ2) is 5.14. The molecular weight excluding hydrogens is 236 g/mol. The van der Waals surface area contributed by atoms with E-state index in [0.29, 0.717) is 11.3 Å². The highest BCUT2D eigenvalue weighted by molar-refractivity contribution is 6.06. The molecule has 0 unspecified atom stereocenters. The summed E-state index contributed by atoms with van der Waals surface area (Å²) in [4.78, 5) is 12.3. The summed E-state index contributed by atoms with van der Waals surface area (Å²) in [6.45, 7) is 5.88. The zero-order valence-corrected chi connectivity index (χ0v) is 11.4. The average molecular weight is 254 g/mol. The Balaban J connectivity index is 2.31. The molecule has 3 nitrogen and oxygen atoms in total. The van der Waals surface area contributed by atoms with Crippen LogP contribution >= 0.6 is 0 Å². The second-order valence-corrected chi connectivity index (χ2v) is 4.72. The van der Waals surface area contributed by atoms with E-state index in [1.807, 2.05) is 39.0 Å². The van der Waals surface area contributed by atoms with E-state index < -0.39 is 0 Å². The molecule has 0 saturated carbocycles. The number of amides is 1. The molecule has 0 fully saturated rings. The van der Waals surface area contributed by atoms with Crippen molar-refractivity contribution in [2.75, 3.05) is 11.1 Å². The van der Waals surface area contributed by atoms with Gasteiger partial charge in [0.05, 0.1) is 0 Å². The van der Waals surface area contributed by atoms with Crippen LogP contribution in [0.15, 0.2) is 36.4 Å². The van der Waals surface area contributed by atoms with Gasteiger partial charge in [0.25, 0.3) is 5.91 Å². The first-order chi connectivity index (χ1) is 9.00. The Labute approximate surface area is 113 Å². The fourth-order valence-electron chi connectivity index (χ4n) is 1.98. The van der Waals surface area contributed by atoms with E-state index in [0.717, 1.165) is 22.4 Å². The smallest absolute Gasteiger partial charge is 0.256 e. The Morgan fingerprint density at radius 3 is 2.42 bits per heavy atom. The van der Waals surface area contributed by atoms with Crippen molar-refractivity contribution in [1.82, 2.24) is 0 Å². The summed E-state index contributed by atoms with van der Waals surface area (Å²) in [7, 11) is 0. The number of carbonyl (C=O) groups is 1. The van der Waals surface area contributed by atoms with Crippen molar-refractivity contribution in [3.05, 3.63) is 58.7 Å². The Morgan fingerprint density at radius 1 is 1.00 bits per heavy atom. The van der Waals surface area contributed by atoms with Gasteiger partial charge >= 0.3 is 0 Å². The van der Waals surface area contributed by atoms with Crippen LogP contribution < -0.4 is 11.1 Å². The summed E-state index contributed by atoms with van der Waals surface area (Å²) in [5.74, 6) is -0.126. The summed E-state index contributed by atoms with van der Waals surface area (Å²) < 4.78 is 0. The first-order valence-electron chi connectivity index (χ1n) is 6.23. The molecule has 1 amide bonds. The molecule has 3 N–H and O–H groups in total. The number of anilines is 2. The Bertz CT molecular complexity index is 633. The number of hydrogen-bond acceptors (Lipinski definition) is 2. The predicted molar refractivity (Wildman–Crippen MR) is 79.5 cm³/mol. The summed E-state index contributed by atoms with van der Waals surface area (Å²) in [5, 5.41) is 2.94. The molecule has 3 heteroatoms. The molecule has 0 bridgehead atoms. The molecule has 2 aromatic carbocycles. The lowest BCUT2D eigenvalue weighted by atomic mass is 10.0. The monoisotopic (exact) mass is 254 g/mol. The van der Waals surface area contributed by atoms with Gasteiger partial charge in [-0.2, -0.15) is 0 Å². The summed E-state index contributed by atoms with van der Waals surface area (Å²) in [5.41, 5.74) is 11.0. The summed E-state index contributed by atoms with van der Waals surface area (Å²) in [6.07, 6.45) is 0. The zero-order valence-electron chi connectivity index (χ0n) is 11.4. The maximum absolute atomic E-state index is 12.3. The van der Waals surface area contributed by atoms with Gasteiger partial charge < -0.3 is 11.1 Å². The number of nitrogens with two attached hydrogens (primary N) is 1. The molecule has 0 aliphatic heterocycles. The normalized spacial score (nSPS) is 10.3. The van der Waals surface area contributed by atoms with Gasteiger partial charge in [0.1, 0.15) is 0 Å². The molecule has 2 rings (SSSR count). The predicted octanol–water partition coefficient (Wildman–Crippen LogP) is 3.45. The molecule has 0 spiro atoms. The van der Waals surface area contributed by atoms with Gasteiger partial charge in [0.2, 0.25) is 0 Å². The van der Waals surface area contributed by atoms with E-state index >= 15 is 0 Å². The molecule has 0 aliphatic rings. The maximum Gasteiger partial charge on any atom is 0.256 e. The minimum atomic E-state index is -0.126. The van der Waals surface area contributed by atoms with E-state index in [9.17, 15) is 4.79 Å². The minimum absolute atomic E-state index is 0.126. The van der Waals surface area contributed by atoms with Crippen LogP contribution in [0, 0.1) is 20.8 Å². The molecule has 98 valence electrons. The van der Waals surface area contributed by atoms with Crippen LogP contribution in [0.3, 0.4) is 0 Å². The Hall–Kier alpha value is -2.29. The van der Waals surface area contributed by atoms with Gasteiger partial charge in [-0.25, -0.2) is 0 Å². The van der Waals surface area contributed by atoms with E-state index in [2.05, 4.69) is 5.32 Å². The third-order valence-corrected chi connectivity index (χ3v) is 3.47. The molecule has 0 aromatic heterocycles. The van der Waals surface area contributed by atoms with Crippen molar-refractivity contribution in [3.8, 4) is 0 Å². The van der Waals surface area contributed by atoms with Gasteiger partial charge in [0.15, 0.2) is 0 Å². The first-order valence-corrected chi connectivity index (χ1v) is 6.23. The fraction of sp³-hybridized carbons (Fsp3) is 0.188. The van der Waals surface area contributed by atoms with Crippen LogP contribution in [0.5, 0.6) is 0 Å². The zero-order chi connectivity index (χ0) is 14.0. The van der Waals surface area contributed by atoms with E-state index in [-0.39, 0.29) is 5.91 Å². The Kier molecular flexibility index (Phi) is 3.56. The SMILES string of the molecule is Cc1cccc(NC(=O)c2cccc(N)c2C)c1C. The number of benzene rings is 2. The maximum atomic E-state index is 12.3. The minimum Gasteiger partial charge on any atom is -0.398 e. The van der Waals surface area contributed by atoms with Crippen LogP contribution in [0.2, 0.25) is 0 Å². The van der Waals surface area contributed by atoms with Crippen LogP contribution in [0.4, 0.5) is 11.4 Å². The average Bonchev–Trinajstić information content (AvgIpc) is 2.38. The summed E-state index contributed by atoms with van der Waals surface area (Å²) >= 11 is 0. The molecule has 0 heterocycles. The number of carbonyl (C=O) groups excluding carboxylic acids is 1. The molecule has 0 atom stereocenters. The quantitative estimate of drug-likeness (QED) is 0.806. The highest BCUT2D eigenvalue weighted by Crippen LogP contribution is 2.21. The van der Waals surface area contributed by atoms with Crippen LogP contribution in [0.25, 0.3) is 0 Å². The largest absolute Gasteiger partial charge is 0.398 e. The van der Waals surface area contributed by atoms with E-state index in [1.54, 1.807) is 18.2 Å². The molecule has 19 heavy (non-hydrogen) atoms. The molecular formula is C16H18N2O. The van der Waals surface area contributed by atoms with Crippen molar-refractivity contribution in [2.24, 2.45) is 0 Å². The second-order valence-electron chi connectivity index (χ2n) is 4.72. The highest BCUT2D eigenvalue weighted by atomic mass is 16.1. The third-order valence-electron chi connectivity index (χ3n) is 3.47. The standard InChI is InChI=1S/C16H18N2O/c1-10-6-4-9-15(11(10)2)18-16(19)13-7-5-8-14(17)12(13)3/h4-9H,17H2,1-3H3,(H,18,19). The lowest BCUT2D eigenvalue weighted by molar-refractivity contribution is 0.102. The van der Waals surface area contributed by atoms with Gasteiger partial charge in [-0.05, 0) is 55.7 Å². The number of rotatable bonds is 2. The van der Waals surface area contributed by atoms with Crippen molar-refractivity contribution < 1.29 is 4.79 Å². The van der Waals surface area contributed by atoms with Gasteiger partial charge in [-0.1, -0.05) is 18.2 Å². The van der Waals surface area contributed by atoms with Crippen molar-refractivity contribution in [2.45, 2.75) is 20.8 Å². The lowest BCUT2D eigenvalue weighted by Crippen LogP contribution is -2.15. The number of aryl methyl sites for hydroxylation is 1. The van der Waals surface area contributed by atoms with E-state index in [1.165, 1.54) is 0 Å². The van der Waals surface area contributed by atoms with Crippen molar-refractivity contribution in [3.63, 3.8) is 0 Å². The van der Waals surface area contributed by atoms with Crippen molar-refractivity contribution in [1.29, 1.82) is 0 Å². The Morgan fingerprint density at radius 2 is 1.68 bits per heavy atom. The topological polar surface area (TPSA) is 55.1 Å². The van der Waals surface area contributed by atoms with Gasteiger partial charge in [-0.15, -0.1) is 0 Å². The van der Waals surface area contributed by atoms with Crippen LogP contribution in [-0.4, -0.2) is 5.91 Å². The molecule has 0 radical (unpaired) electrons. The number of nitrogens with one attached hydrogen (secondary N) is 1. The van der Waals surface area contributed by atoms with Gasteiger partial charge in [-0.3, -0.25) is 4.79 Å². The molecule has 0 aliphatic carbocycles. The number of hydrogen-bond donors (Lipinski definition) is 2. The van der Waals surface area contributed by atoms with Crippen molar-refractivity contribution >= 4 is 17.3 Å². The van der Waals surface area contributed by atoms with Crippen LogP contribution in [-0.2, 0) is 0 Å². The third kappa shape index (κ3) is 2.60. The molecule has 2 aromatic rings. The first kappa shape index (κ1) is 13.1. The highest BCUT2D eigenvalue weighted by Gasteiger charge is 2.12. The van der Waals surface area contributed by atoms with Gasteiger partial charge in [0, 0.05) is 16.9 Å². The van der Waals surface area contributed by atoms with Crippen LogP contribution in [0.1, 0.15) is 27.0 Å². The molecule has 0 saturated heterocycles. The fourth-order valence-corrected chi connectivity index (χ4v) is 1.98. The number of nitrogen functional groups attached to an aromatic ring is 1. The summed E-state index contributed by atoms with van der Waals surface area (Å²) in [6, 6.07) is 11.2. The lowest BCUT2D eigenvalue weighted by Gasteiger charge is -2.12. The van der Waals surface area contributed by atoms with E-state index in [4.69, 9.17) is 5.73 Å².